The summed E-state index contributed by atoms with van der Waals surface area (Å²) in [4.78, 5) is 14.3. The van der Waals surface area contributed by atoms with E-state index in [0.29, 0.717) is 5.75 Å². The predicted octanol–water partition coefficient (Wildman–Crippen LogP) is 1.80. The number of amides is 1. The van der Waals surface area contributed by atoms with E-state index in [4.69, 9.17) is 0 Å². The molecule has 1 amide bonds. The third kappa shape index (κ3) is 1.46. The first-order chi connectivity index (χ1) is 6.72. The highest BCUT2D eigenvalue weighted by molar-refractivity contribution is 8.00. The second-order valence-electron chi connectivity index (χ2n) is 3.17. The molecule has 2 rings (SSSR count). The molecule has 0 saturated heterocycles. The molecule has 74 valence electrons. The molecule has 0 saturated carbocycles. The number of benzene rings is 1. The number of thioether (sulfide) groups is 1. The third-order valence-electron chi connectivity index (χ3n) is 2.33. The van der Waals surface area contributed by atoms with Crippen LogP contribution in [0.1, 0.15) is 0 Å². The van der Waals surface area contributed by atoms with Gasteiger partial charge in [-0.3, -0.25) is 4.79 Å². The van der Waals surface area contributed by atoms with Gasteiger partial charge < -0.3 is 10.2 Å². The number of carbonyl (C=O) groups excluding carboxylic acids is 1. The lowest BCUT2D eigenvalue weighted by atomic mass is 10.2. The van der Waals surface area contributed by atoms with Crippen LogP contribution >= 0.6 is 11.8 Å². The molecular formula is C10H12N2OS. The molecule has 0 atom stereocenters. The number of hydrogen-bond acceptors (Lipinski definition) is 3. The zero-order chi connectivity index (χ0) is 10.1. The van der Waals surface area contributed by atoms with Gasteiger partial charge in [-0.25, -0.2) is 0 Å². The average molecular weight is 208 g/mol. The fraction of sp³-hybridized carbons (Fsp3) is 0.300. The van der Waals surface area contributed by atoms with Crippen LogP contribution in [-0.4, -0.2) is 25.8 Å². The number of anilines is 2. The Bertz CT molecular complexity index is 378. The summed E-state index contributed by atoms with van der Waals surface area (Å²) >= 11 is 1.60. The number of nitrogens with zero attached hydrogens (tertiary/aromatic N) is 1. The van der Waals surface area contributed by atoms with Crippen LogP contribution in [-0.2, 0) is 4.79 Å². The van der Waals surface area contributed by atoms with Gasteiger partial charge in [0.15, 0.2) is 0 Å². The fourth-order valence-electron chi connectivity index (χ4n) is 1.43. The van der Waals surface area contributed by atoms with Crippen molar-refractivity contribution in [1.29, 1.82) is 0 Å². The van der Waals surface area contributed by atoms with Crippen molar-refractivity contribution in [2.24, 2.45) is 0 Å². The van der Waals surface area contributed by atoms with Crippen molar-refractivity contribution < 1.29 is 4.79 Å². The first-order valence-corrected chi connectivity index (χ1v) is 5.42. The van der Waals surface area contributed by atoms with Crippen molar-refractivity contribution in [3.8, 4) is 0 Å². The molecule has 0 aromatic heterocycles. The summed E-state index contributed by atoms with van der Waals surface area (Å²) in [6.07, 6.45) is 0. The first kappa shape index (κ1) is 9.40. The van der Waals surface area contributed by atoms with E-state index in [1.54, 1.807) is 16.7 Å². The molecule has 0 radical (unpaired) electrons. The second-order valence-corrected chi connectivity index (χ2v) is 4.19. The summed E-state index contributed by atoms with van der Waals surface area (Å²) in [5.74, 6) is 0.707. The lowest BCUT2D eigenvalue weighted by molar-refractivity contribution is -0.116. The van der Waals surface area contributed by atoms with Crippen LogP contribution in [0, 0.1) is 0 Å². The third-order valence-corrected chi connectivity index (χ3v) is 3.38. The van der Waals surface area contributed by atoms with E-state index in [0.717, 1.165) is 11.4 Å². The quantitative estimate of drug-likeness (QED) is 0.763. The predicted molar refractivity (Wildman–Crippen MR) is 60.1 cm³/mol. The SMILES string of the molecule is CNc1ccc2c(c1)N(C)C(=O)CS2. The second kappa shape index (κ2) is 3.53. The van der Waals surface area contributed by atoms with E-state index in [1.165, 1.54) is 4.90 Å². The Morgan fingerprint density at radius 2 is 2.29 bits per heavy atom. The van der Waals surface area contributed by atoms with Gasteiger partial charge in [-0.2, -0.15) is 0 Å². The molecule has 14 heavy (non-hydrogen) atoms. The number of hydrogen-bond donors (Lipinski definition) is 1. The molecule has 1 aliphatic rings. The van der Waals surface area contributed by atoms with Crippen molar-refractivity contribution in [3.63, 3.8) is 0 Å². The summed E-state index contributed by atoms with van der Waals surface area (Å²) in [5.41, 5.74) is 2.03. The first-order valence-electron chi connectivity index (χ1n) is 4.43. The maximum atomic E-state index is 11.4. The van der Waals surface area contributed by atoms with Crippen LogP contribution in [0.15, 0.2) is 23.1 Å². The van der Waals surface area contributed by atoms with Crippen molar-refractivity contribution in [2.75, 3.05) is 30.1 Å². The molecule has 0 spiro atoms. The minimum absolute atomic E-state index is 0.163. The minimum Gasteiger partial charge on any atom is -0.388 e. The Hall–Kier alpha value is -1.16. The summed E-state index contributed by atoms with van der Waals surface area (Å²) < 4.78 is 0. The van der Waals surface area contributed by atoms with Crippen LogP contribution in [0.5, 0.6) is 0 Å². The molecule has 1 aromatic rings. The highest BCUT2D eigenvalue weighted by Gasteiger charge is 2.21. The van der Waals surface area contributed by atoms with E-state index < -0.39 is 0 Å². The lowest BCUT2D eigenvalue weighted by Crippen LogP contribution is -2.31. The summed E-state index contributed by atoms with van der Waals surface area (Å²) in [7, 11) is 3.69. The summed E-state index contributed by atoms with van der Waals surface area (Å²) in [6.45, 7) is 0. The lowest BCUT2D eigenvalue weighted by Gasteiger charge is -2.25. The Morgan fingerprint density at radius 1 is 1.50 bits per heavy atom. The number of rotatable bonds is 1. The minimum atomic E-state index is 0.163. The van der Waals surface area contributed by atoms with Gasteiger partial charge in [0.25, 0.3) is 0 Å². The summed E-state index contributed by atoms with van der Waals surface area (Å²) in [6, 6.07) is 6.07. The van der Waals surface area contributed by atoms with Crippen molar-refractivity contribution >= 4 is 29.0 Å². The van der Waals surface area contributed by atoms with Gasteiger partial charge in [0.1, 0.15) is 0 Å². The molecule has 1 aromatic carbocycles. The van der Waals surface area contributed by atoms with Crippen molar-refractivity contribution in [2.45, 2.75) is 4.90 Å². The number of nitrogens with one attached hydrogen (secondary N) is 1. The van der Waals surface area contributed by atoms with Gasteiger partial charge in [0.2, 0.25) is 5.91 Å². The van der Waals surface area contributed by atoms with Crippen LogP contribution in [0.2, 0.25) is 0 Å². The Kier molecular flexibility index (Phi) is 2.37. The van der Waals surface area contributed by atoms with Crippen LogP contribution in [0.3, 0.4) is 0 Å². The monoisotopic (exact) mass is 208 g/mol. The van der Waals surface area contributed by atoms with Crippen LogP contribution in [0.4, 0.5) is 11.4 Å². The number of carbonyl (C=O) groups is 1. The Morgan fingerprint density at radius 3 is 3.00 bits per heavy atom. The number of fused-ring (bicyclic) bond motifs is 1. The molecule has 0 fully saturated rings. The van der Waals surface area contributed by atoms with E-state index in [-0.39, 0.29) is 5.91 Å². The van der Waals surface area contributed by atoms with Crippen molar-refractivity contribution in [1.82, 2.24) is 0 Å². The zero-order valence-corrected chi connectivity index (χ0v) is 9.02. The highest BCUT2D eigenvalue weighted by Crippen LogP contribution is 2.36. The topological polar surface area (TPSA) is 32.3 Å². The molecule has 0 bridgehead atoms. The van der Waals surface area contributed by atoms with Crippen LogP contribution in [0.25, 0.3) is 0 Å². The fourth-order valence-corrected chi connectivity index (χ4v) is 2.41. The van der Waals surface area contributed by atoms with Crippen molar-refractivity contribution in [3.05, 3.63) is 18.2 Å². The molecule has 3 nitrogen and oxygen atoms in total. The smallest absolute Gasteiger partial charge is 0.237 e. The van der Waals surface area contributed by atoms with Gasteiger partial charge in [-0.15, -0.1) is 11.8 Å². The Labute approximate surface area is 87.5 Å². The molecule has 0 aliphatic carbocycles. The van der Waals surface area contributed by atoms with E-state index >= 15 is 0 Å². The molecular weight excluding hydrogens is 196 g/mol. The van der Waals surface area contributed by atoms with Gasteiger partial charge >= 0.3 is 0 Å². The zero-order valence-electron chi connectivity index (χ0n) is 8.20. The molecule has 1 aliphatic heterocycles. The largest absolute Gasteiger partial charge is 0.388 e. The maximum absolute atomic E-state index is 11.4. The van der Waals surface area contributed by atoms with Gasteiger partial charge in [-0.1, -0.05) is 0 Å². The van der Waals surface area contributed by atoms with E-state index in [2.05, 4.69) is 11.4 Å². The molecule has 4 heteroatoms. The molecule has 1 heterocycles. The Balaban J connectivity index is 2.46. The highest BCUT2D eigenvalue weighted by atomic mass is 32.2. The van der Waals surface area contributed by atoms with Gasteiger partial charge in [-0.05, 0) is 18.2 Å². The molecule has 0 unspecified atom stereocenters. The maximum Gasteiger partial charge on any atom is 0.237 e. The van der Waals surface area contributed by atoms with Crippen LogP contribution < -0.4 is 10.2 Å². The molecule has 1 N–H and O–H groups in total. The standard InChI is InChI=1S/C10H12N2OS/c1-11-7-3-4-9-8(5-7)12(2)10(13)6-14-9/h3-5,11H,6H2,1-2H3. The van der Waals surface area contributed by atoms with Gasteiger partial charge in [0.05, 0.1) is 11.4 Å². The average Bonchev–Trinajstić information content (AvgIpc) is 2.23. The van der Waals surface area contributed by atoms with E-state index in [9.17, 15) is 4.79 Å². The summed E-state index contributed by atoms with van der Waals surface area (Å²) in [5, 5.41) is 3.07. The van der Waals surface area contributed by atoms with E-state index in [1.807, 2.05) is 26.2 Å². The van der Waals surface area contributed by atoms with Gasteiger partial charge in [0, 0.05) is 24.7 Å². The normalized spacial score (nSPS) is 15.3.